The van der Waals surface area contributed by atoms with Gasteiger partial charge in [0.05, 0.1) is 0 Å². The molecule has 2 heteroatoms. The van der Waals surface area contributed by atoms with Crippen LogP contribution in [0.4, 0.5) is 0 Å². The lowest BCUT2D eigenvalue weighted by Gasteiger charge is -2.19. The summed E-state index contributed by atoms with van der Waals surface area (Å²) in [4.78, 5) is 2.62. The van der Waals surface area contributed by atoms with Gasteiger partial charge in [0.15, 0.2) is 0 Å². The van der Waals surface area contributed by atoms with E-state index in [0.29, 0.717) is 0 Å². The molecule has 1 rings (SSSR count). The van der Waals surface area contributed by atoms with Crippen molar-refractivity contribution in [1.82, 2.24) is 10.2 Å². The molecule has 0 radical (unpaired) electrons. The lowest BCUT2D eigenvalue weighted by atomic mass is 10.2. The second-order valence-corrected chi connectivity index (χ2v) is 4.81. The molecule has 0 aliphatic heterocycles. The van der Waals surface area contributed by atoms with Gasteiger partial charge < -0.3 is 10.2 Å². The second-order valence-electron chi connectivity index (χ2n) is 4.81. The Morgan fingerprint density at radius 1 is 1.36 bits per heavy atom. The maximum Gasteiger partial charge on any atom is 0.00963 e. The number of nitrogens with zero attached hydrogens (tertiary/aromatic N) is 1. The molecule has 0 atom stereocenters. The van der Waals surface area contributed by atoms with Gasteiger partial charge in [-0.15, -0.1) is 0 Å². The van der Waals surface area contributed by atoms with Crippen molar-refractivity contribution < 1.29 is 0 Å². The first kappa shape index (κ1) is 12.0. The van der Waals surface area contributed by atoms with Crippen molar-refractivity contribution in [3.63, 3.8) is 0 Å². The lowest BCUT2D eigenvalue weighted by Crippen LogP contribution is -2.30. The normalized spacial score (nSPS) is 16.9. The third kappa shape index (κ3) is 4.97. The molecule has 84 valence electrons. The summed E-state index contributed by atoms with van der Waals surface area (Å²) < 4.78 is 0. The van der Waals surface area contributed by atoms with Gasteiger partial charge in [-0.1, -0.05) is 20.8 Å². The SMILES string of the molecule is CCN(CCCNCC(C)C)C1CC1. The molecule has 1 aliphatic carbocycles. The zero-order valence-electron chi connectivity index (χ0n) is 10.1. The Morgan fingerprint density at radius 3 is 2.57 bits per heavy atom. The predicted octanol–water partition coefficient (Wildman–Crippen LogP) is 2.11. The van der Waals surface area contributed by atoms with Crippen LogP contribution in [-0.4, -0.2) is 37.1 Å². The van der Waals surface area contributed by atoms with Crippen molar-refractivity contribution in [1.29, 1.82) is 0 Å². The molecule has 1 aliphatic rings. The van der Waals surface area contributed by atoms with Crippen LogP contribution in [0.2, 0.25) is 0 Å². The van der Waals surface area contributed by atoms with Crippen molar-refractivity contribution in [2.24, 2.45) is 5.92 Å². The second kappa shape index (κ2) is 6.41. The van der Waals surface area contributed by atoms with E-state index >= 15 is 0 Å². The minimum atomic E-state index is 0.778. The molecule has 0 spiro atoms. The van der Waals surface area contributed by atoms with E-state index in [9.17, 15) is 0 Å². The maximum atomic E-state index is 3.50. The minimum absolute atomic E-state index is 0.778. The molecule has 14 heavy (non-hydrogen) atoms. The number of rotatable bonds is 8. The molecule has 0 bridgehead atoms. The Balaban J connectivity index is 1.91. The monoisotopic (exact) mass is 198 g/mol. The van der Waals surface area contributed by atoms with Gasteiger partial charge >= 0.3 is 0 Å². The van der Waals surface area contributed by atoms with Crippen LogP contribution in [0.3, 0.4) is 0 Å². The summed E-state index contributed by atoms with van der Waals surface area (Å²) in [5.74, 6) is 0.778. The quantitative estimate of drug-likeness (QED) is 0.601. The largest absolute Gasteiger partial charge is 0.316 e. The van der Waals surface area contributed by atoms with Crippen LogP contribution in [0.25, 0.3) is 0 Å². The topological polar surface area (TPSA) is 15.3 Å². The van der Waals surface area contributed by atoms with E-state index < -0.39 is 0 Å². The van der Waals surface area contributed by atoms with Crippen LogP contribution in [0.5, 0.6) is 0 Å². The van der Waals surface area contributed by atoms with Crippen LogP contribution < -0.4 is 5.32 Å². The van der Waals surface area contributed by atoms with E-state index in [0.717, 1.165) is 18.5 Å². The van der Waals surface area contributed by atoms with Crippen molar-refractivity contribution in [2.45, 2.75) is 46.1 Å². The molecule has 1 N–H and O–H groups in total. The van der Waals surface area contributed by atoms with Crippen molar-refractivity contribution in [3.8, 4) is 0 Å². The van der Waals surface area contributed by atoms with E-state index in [2.05, 4.69) is 31.0 Å². The fourth-order valence-corrected chi connectivity index (χ4v) is 1.84. The van der Waals surface area contributed by atoms with E-state index in [1.165, 1.54) is 38.9 Å². The fraction of sp³-hybridized carbons (Fsp3) is 1.00. The summed E-state index contributed by atoms with van der Waals surface area (Å²) in [7, 11) is 0. The smallest absolute Gasteiger partial charge is 0.00963 e. The zero-order chi connectivity index (χ0) is 10.4. The van der Waals surface area contributed by atoms with Crippen molar-refractivity contribution in [3.05, 3.63) is 0 Å². The maximum absolute atomic E-state index is 3.50. The highest BCUT2D eigenvalue weighted by molar-refractivity contribution is 4.83. The number of hydrogen-bond acceptors (Lipinski definition) is 2. The highest BCUT2D eigenvalue weighted by atomic mass is 15.2. The standard InChI is InChI=1S/C12H26N2/c1-4-14(12-6-7-12)9-5-8-13-10-11(2)3/h11-13H,4-10H2,1-3H3. The summed E-state index contributed by atoms with van der Waals surface area (Å²) in [6, 6.07) is 0.935. The Bertz CT molecular complexity index is 141. The Labute approximate surface area is 89.1 Å². The van der Waals surface area contributed by atoms with Gasteiger partial charge in [0.25, 0.3) is 0 Å². The first-order valence-corrected chi connectivity index (χ1v) is 6.18. The molecule has 0 amide bonds. The fourth-order valence-electron chi connectivity index (χ4n) is 1.84. The Kier molecular flexibility index (Phi) is 5.49. The molecule has 0 unspecified atom stereocenters. The zero-order valence-corrected chi connectivity index (χ0v) is 10.1. The molecule has 0 aromatic rings. The first-order valence-electron chi connectivity index (χ1n) is 6.18. The Morgan fingerprint density at radius 2 is 2.07 bits per heavy atom. The third-order valence-corrected chi connectivity index (χ3v) is 2.82. The predicted molar refractivity (Wildman–Crippen MR) is 62.6 cm³/mol. The minimum Gasteiger partial charge on any atom is -0.316 e. The molecule has 2 nitrogen and oxygen atoms in total. The van der Waals surface area contributed by atoms with E-state index in [1.54, 1.807) is 0 Å². The average Bonchev–Trinajstić information content (AvgIpc) is 2.94. The molecule has 1 fully saturated rings. The molecular formula is C12H26N2. The molecule has 0 aromatic carbocycles. The van der Waals surface area contributed by atoms with Crippen molar-refractivity contribution >= 4 is 0 Å². The van der Waals surface area contributed by atoms with Gasteiger partial charge in [-0.3, -0.25) is 0 Å². The summed E-state index contributed by atoms with van der Waals surface area (Å²) in [6.45, 7) is 11.7. The highest BCUT2D eigenvalue weighted by Crippen LogP contribution is 2.26. The van der Waals surface area contributed by atoms with Crippen LogP contribution in [-0.2, 0) is 0 Å². The molecular weight excluding hydrogens is 172 g/mol. The average molecular weight is 198 g/mol. The summed E-state index contributed by atoms with van der Waals surface area (Å²) in [6.07, 6.45) is 4.18. The van der Waals surface area contributed by atoms with Gasteiger partial charge in [-0.25, -0.2) is 0 Å². The molecule has 0 aromatic heterocycles. The van der Waals surface area contributed by atoms with Gasteiger partial charge in [0.1, 0.15) is 0 Å². The summed E-state index contributed by atoms with van der Waals surface area (Å²) >= 11 is 0. The van der Waals surface area contributed by atoms with Crippen molar-refractivity contribution in [2.75, 3.05) is 26.2 Å². The molecule has 0 heterocycles. The lowest BCUT2D eigenvalue weighted by molar-refractivity contribution is 0.272. The number of nitrogens with one attached hydrogen (secondary N) is 1. The van der Waals surface area contributed by atoms with Gasteiger partial charge in [0.2, 0.25) is 0 Å². The summed E-state index contributed by atoms with van der Waals surface area (Å²) in [5, 5.41) is 3.50. The van der Waals surface area contributed by atoms with E-state index in [-0.39, 0.29) is 0 Å². The van der Waals surface area contributed by atoms with Crippen LogP contribution in [0.1, 0.15) is 40.0 Å². The van der Waals surface area contributed by atoms with Crippen LogP contribution in [0.15, 0.2) is 0 Å². The van der Waals surface area contributed by atoms with Crippen LogP contribution in [0, 0.1) is 5.92 Å². The van der Waals surface area contributed by atoms with Gasteiger partial charge in [-0.2, -0.15) is 0 Å². The Hall–Kier alpha value is -0.0800. The van der Waals surface area contributed by atoms with Gasteiger partial charge in [-0.05, 0) is 51.4 Å². The van der Waals surface area contributed by atoms with Gasteiger partial charge in [0, 0.05) is 6.04 Å². The number of hydrogen-bond donors (Lipinski definition) is 1. The van der Waals surface area contributed by atoms with Crippen LogP contribution >= 0.6 is 0 Å². The molecule has 0 saturated heterocycles. The first-order chi connectivity index (χ1) is 6.74. The highest BCUT2D eigenvalue weighted by Gasteiger charge is 2.26. The van der Waals surface area contributed by atoms with E-state index in [4.69, 9.17) is 0 Å². The van der Waals surface area contributed by atoms with E-state index in [1.807, 2.05) is 0 Å². The molecule has 1 saturated carbocycles. The summed E-state index contributed by atoms with van der Waals surface area (Å²) in [5.41, 5.74) is 0. The third-order valence-electron chi connectivity index (χ3n) is 2.82.